The number of hydrogen-bond acceptors (Lipinski definition) is 2. The number of aromatic nitrogens is 2. The molecular weight excluding hydrogens is 172 g/mol. The van der Waals surface area contributed by atoms with Crippen LogP contribution in [0.5, 0.6) is 0 Å². The van der Waals surface area contributed by atoms with E-state index in [9.17, 15) is 4.79 Å². The van der Waals surface area contributed by atoms with E-state index >= 15 is 0 Å². The average molecular weight is 179 g/mol. The van der Waals surface area contributed by atoms with Crippen molar-refractivity contribution in [3.63, 3.8) is 0 Å². The fourth-order valence-corrected chi connectivity index (χ4v) is 0.853. The van der Waals surface area contributed by atoms with Gasteiger partial charge in [0.1, 0.15) is 0 Å². The van der Waals surface area contributed by atoms with Crippen LogP contribution in [0.2, 0.25) is 0 Å². The summed E-state index contributed by atoms with van der Waals surface area (Å²) >= 11 is 4.68. The SMILES string of the molecule is Cc1cc(=O)[nH]c(=S)[nH]1.Cl. The Balaban J connectivity index is 0.000000810. The Morgan fingerprint density at radius 3 is 2.50 bits per heavy atom. The summed E-state index contributed by atoms with van der Waals surface area (Å²) in [5, 5.41) is 0. The van der Waals surface area contributed by atoms with Gasteiger partial charge in [-0.15, -0.1) is 12.4 Å². The summed E-state index contributed by atoms with van der Waals surface area (Å²) in [5.74, 6) is 0. The van der Waals surface area contributed by atoms with E-state index in [1.807, 2.05) is 0 Å². The third-order valence-corrected chi connectivity index (χ3v) is 1.10. The minimum atomic E-state index is -0.156. The number of aryl methyl sites for hydroxylation is 1. The van der Waals surface area contributed by atoms with E-state index in [0.29, 0.717) is 4.77 Å². The molecule has 0 atom stereocenters. The van der Waals surface area contributed by atoms with Crippen molar-refractivity contribution in [1.82, 2.24) is 9.97 Å². The molecule has 0 aliphatic carbocycles. The number of aromatic amines is 2. The van der Waals surface area contributed by atoms with E-state index in [1.165, 1.54) is 6.07 Å². The third kappa shape index (κ3) is 2.33. The summed E-state index contributed by atoms with van der Waals surface area (Å²) in [6, 6.07) is 1.45. The van der Waals surface area contributed by atoms with Crippen molar-refractivity contribution in [1.29, 1.82) is 0 Å². The largest absolute Gasteiger partial charge is 0.336 e. The van der Waals surface area contributed by atoms with Gasteiger partial charge in [0.05, 0.1) is 0 Å². The summed E-state index contributed by atoms with van der Waals surface area (Å²) in [4.78, 5) is 15.8. The number of H-pyrrole nitrogens is 2. The van der Waals surface area contributed by atoms with Crippen molar-refractivity contribution in [2.24, 2.45) is 0 Å². The second kappa shape index (κ2) is 3.53. The fourth-order valence-electron chi connectivity index (χ4n) is 0.591. The quantitative estimate of drug-likeness (QED) is 0.586. The van der Waals surface area contributed by atoms with Crippen molar-refractivity contribution in [3.05, 3.63) is 26.9 Å². The molecule has 56 valence electrons. The molecule has 2 N–H and O–H groups in total. The van der Waals surface area contributed by atoms with Crippen LogP contribution in [0.3, 0.4) is 0 Å². The van der Waals surface area contributed by atoms with Crippen molar-refractivity contribution in [3.8, 4) is 0 Å². The first kappa shape index (κ1) is 9.39. The lowest BCUT2D eigenvalue weighted by Gasteiger charge is -1.87. The molecule has 10 heavy (non-hydrogen) atoms. The molecule has 0 saturated heterocycles. The Bertz CT molecular complexity index is 288. The standard InChI is InChI=1S/C5H6N2OS.ClH/c1-3-2-4(8)7-5(9)6-3;/h2H,1H3,(H2,6,7,8,9);1H. The minimum Gasteiger partial charge on any atom is -0.336 e. The molecule has 0 amide bonds. The van der Waals surface area contributed by atoms with Crippen LogP contribution in [0.15, 0.2) is 10.9 Å². The average Bonchev–Trinajstić information content (AvgIpc) is 1.59. The maximum atomic E-state index is 10.6. The molecule has 0 radical (unpaired) electrons. The van der Waals surface area contributed by atoms with Crippen LogP contribution in [-0.2, 0) is 0 Å². The highest BCUT2D eigenvalue weighted by atomic mass is 35.5. The topological polar surface area (TPSA) is 48.6 Å². The molecule has 0 fully saturated rings. The summed E-state index contributed by atoms with van der Waals surface area (Å²) < 4.78 is 0.375. The number of rotatable bonds is 0. The van der Waals surface area contributed by atoms with Crippen LogP contribution in [0, 0.1) is 11.7 Å². The van der Waals surface area contributed by atoms with Gasteiger partial charge >= 0.3 is 0 Å². The van der Waals surface area contributed by atoms with Gasteiger partial charge in [-0.25, -0.2) is 0 Å². The molecule has 1 heterocycles. The highest BCUT2D eigenvalue weighted by molar-refractivity contribution is 7.71. The molecule has 5 heteroatoms. The highest BCUT2D eigenvalue weighted by Gasteiger charge is 1.83. The number of nitrogens with one attached hydrogen (secondary N) is 2. The van der Waals surface area contributed by atoms with E-state index in [1.54, 1.807) is 6.92 Å². The van der Waals surface area contributed by atoms with Crippen LogP contribution in [0.4, 0.5) is 0 Å². The maximum Gasteiger partial charge on any atom is 0.251 e. The van der Waals surface area contributed by atoms with Crippen LogP contribution in [0.25, 0.3) is 0 Å². The zero-order chi connectivity index (χ0) is 6.85. The van der Waals surface area contributed by atoms with Gasteiger partial charge in [-0.1, -0.05) is 0 Å². The molecule has 0 bridgehead atoms. The summed E-state index contributed by atoms with van der Waals surface area (Å²) in [5.41, 5.74) is 0.625. The Hall–Kier alpha value is -0.610. The molecule has 0 aromatic carbocycles. The highest BCUT2D eigenvalue weighted by Crippen LogP contribution is 1.81. The molecule has 1 aromatic rings. The predicted octanol–water partition coefficient (Wildman–Crippen LogP) is 1.16. The molecule has 0 saturated carbocycles. The van der Waals surface area contributed by atoms with Crippen molar-refractivity contribution in [2.75, 3.05) is 0 Å². The van der Waals surface area contributed by atoms with Gasteiger partial charge in [0, 0.05) is 11.8 Å². The normalized spacial score (nSPS) is 8.50. The fraction of sp³-hybridized carbons (Fsp3) is 0.200. The van der Waals surface area contributed by atoms with Crippen LogP contribution in [0.1, 0.15) is 5.69 Å². The zero-order valence-electron chi connectivity index (χ0n) is 5.30. The minimum absolute atomic E-state index is 0. The van der Waals surface area contributed by atoms with Crippen molar-refractivity contribution < 1.29 is 0 Å². The van der Waals surface area contributed by atoms with Crippen LogP contribution < -0.4 is 5.56 Å². The first-order chi connectivity index (χ1) is 4.18. The number of hydrogen-bond donors (Lipinski definition) is 2. The molecular formula is C5H7ClN2OS. The van der Waals surface area contributed by atoms with Gasteiger partial charge in [0.2, 0.25) is 0 Å². The van der Waals surface area contributed by atoms with E-state index in [2.05, 4.69) is 22.2 Å². The van der Waals surface area contributed by atoms with Gasteiger partial charge in [-0.3, -0.25) is 9.78 Å². The van der Waals surface area contributed by atoms with Crippen molar-refractivity contribution >= 4 is 24.6 Å². The molecule has 3 nitrogen and oxygen atoms in total. The van der Waals surface area contributed by atoms with E-state index in [4.69, 9.17) is 0 Å². The van der Waals surface area contributed by atoms with Gasteiger partial charge in [0.15, 0.2) is 4.77 Å². The summed E-state index contributed by atoms with van der Waals surface area (Å²) in [6.45, 7) is 1.78. The maximum absolute atomic E-state index is 10.6. The van der Waals surface area contributed by atoms with Gasteiger partial charge in [0.25, 0.3) is 5.56 Å². The molecule has 0 aliphatic rings. The summed E-state index contributed by atoms with van der Waals surface area (Å²) in [6.07, 6.45) is 0. The predicted molar refractivity (Wildman–Crippen MR) is 44.2 cm³/mol. The Labute approximate surface area is 68.9 Å². The van der Waals surface area contributed by atoms with Crippen LogP contribution in [-0.4, -0.2) is 9.97 Å². The van der Waals surface area contributed by atoms with Crippen LogP contribution >= 0.6 is 24.6 Å². The van der Waals surface area contributed by atoms with Gasteiger partial charge < -0.3 is 4.98 Å². The number of halogens is 1. The van der Waals surface area contributed by atoms with Gasteiger partial charge in [-0.05, 0) is 19.1 Å². The van der Waals surface area contributed by atoms with E-state index < -0.39 is 0 Å². The first-order valence-corrected chi connectivity index (χ1v) is 2.89. The Morgan fingerprint density at radius 1 is 1.50 bits per heavy atom. The van der Waals surface area contributed by atoms with E-state index in [-0.39, 0.29) is 18.0 Å². The Kier molecular flexibility index (Phi) is 3.32. The first-order valence-electron chi connectivity index (χ1n) is 2.49. The lowest BCUT2D eigenvalue weighted by molar-refractivity contribution is 1.04. The third-order valence-electron chi connectivity index (χ3n) is 0.895. The molecule has 0 spiro atoms. The molecule has 1 aromatic heterocycles. The molecule has 0 aliphatic heterocycles. The Morgan fingerprint density at radius 2 is 2.10 bits per heavy atom. The second-order valence-electron chi connectivity index (χ2n) is 1.77. The lowest BCUT2D eigenvalue weighted by atomic mass is 10.5. The molecule has 0 unspecified atom stereocenters. The summed E-state index contributed by atoms with van der Waals surface area (Å²) in [7, 11) is 0. The van der Waals surface area contributed by atoms with Crippen molar-refractivity contribution in [2.45, 2.75) is 6.92 Å². The zero-order valence-corrected chi connectivity index (χ0v) is 6.94. The molecule has 1 rings (SSSR count). The van der Waals surface area contributed by atoms with Gasteiger partial charge in [-0.2, -0.15) is 0 Å². The lowest BCUT2D eigenvalue weighted by Crippen LogP contribution is -2.05. The second-order valence-corrected chi connectivity index (χ2v) is 2.18. The van der Waals surface area contributed by atoms with E-state index in [0.717, 1.165) is 5.69 Å². The smallest absolute Gasteiger partial charge is 0.251 e. The monoisotopic (exact) mass is 178 g/mol.